The first kappa shape index (κ1) is 17.1. The summed E-state index contributed by atoms with van der Waals surface area (Å²) in [5, 5.41) is 23.2. The second-order valence-electron chi connectivity index (χ2n) is 1.53. The fourth-order valence-corrected chi connectivity index (χ4v) is 0. The van der Waals surface area contributed by atoms with Gasteiger partial charge in [0.05, 0.1) is 0 Å². The molecule has 0 aliphatic carbocycles. The fraction of sp³-hybridized carbons (Fsp3) is 0.600. The van der Waals surface area contributed by atoms with Gasteiger partial charge in [0, 0.05) is 36.5 Å². The number of aliphatic carboxylic acids is 2. The van der Waals surface area contributed by atoms with E-state index in [9.17, 15) is 4.79 Å². The molecule has 0 saturated heterocycles. The molecule has 0 rings (SSSR count). The molecule has 0 aromatic heterocycles. The predicted molar refractivity (Wildman–Crippen MR) is 38.4 cm³/mol. The molecular formula is C5H10NaO5. The molecule has 5 nitrogen and oxygen atoms in total. The Bertz CT molecular complexity index is 118. The molecule has 0 heterocycles. The van der Waals surface area contributed by atoms with Gasteiger partial charge in [-0.2, -0.15) is 0 Å². The van der Waals surface area contributed by atoms with Crippen LogP contribution in [0.25, 0.3) is 0 Å². The predicted octanol–water partition coefficient (Wildman–Crippen LogP) is -0.838. The zero-order valence-electron chi connectivity index (χ0n) is 6.74. The molecule has 1 radical (unpaired) electrons. The van der Waals surface area contributed by atoms with E-state index in [2.05, 4.69) is 0 Å². The maximum Gasteiger partial charge on any atom is 0.332 e. The van der Waals surface area contributed by atoms with E-state index in [0.717, 1.165) is 6.92 Å². The van der Waals surface area contributed by atoms with Gasteiger partial charge >= 0.3 is 5.97 Å². The third kappa shape index (κ3) is 40.6. The van der Waals surface area contributed by atoms with Crippen LogP contribution in [-0.2, 0) is 9.59 Å². The Morgan fingerprint density at radius 1 is 1.27 bits per heavy atom. The van der Waals surface area contributed by atoms with Crippen molar-refractivity contribution in [2.24, 2.45) is 0 Å². The SMILES string of the molecule is CC(=O)O.CC(O)C(=O)O.[Na]. The van der Waals surface area contributed by atoms with Crippen molar-refractivity contribution in [2.75, 3.05) is 0 Å². The Kier molecular flexibility index (Phi) is 15.4. The van der Waals surface area contributed by atoms with Gasteiger partial charge in [0.15, 0.2) is 0 Å². The van der Waals surface area contributed by atoms with Crippen molar-refractivity contribution in [3.8, 4) is 0 Å². The summed E-state index contributed by atoms with van der Waals surface area (Å²) in [5.74, 6) is -2.02. The van der Waals surface area contributed by atoms with Crippen molar-refractivity contribution in [2.45, 2.75) is 20.0 Å². The maximum absolute atomic E-state index is 9.45. The average Bonchev–Trinajstić information content (AvgIpc) is 1.63. The fourth-order valence-electron chi connectivity index (χ4n) is 0. The number of aliphatic hydroxyl groups is 1. The summed E-state index contributed by atoms with van der Waals surface area (Å²) >= 11 is 0. The van der Waals surface area contributed by atoms with Gasteiger partial charge in [-0.05, 0) is 6.92 Å². The number of carbonyl (C=O) groups is 2. The van der Waals surface area contributed by atoms with E-state index < -0.39 is 18.0 Å². The molecule has 6 heteroatoms. The van der Waals surface area contributed by atoms with Gasteiger partial charge in [0.2, 0.25) is 0 Å². The van der Waals surface area contributed by atoms with Crippen LogP contribution in [0.5, 0.6) is 0 Å². The minimum Gasteiger partial charge on any atom is -0.481 e. The molecular weight excluding hydrogens is 163 g/mol. The summed E-state index contributed by atoms with van der Waals surface area (Å²) in [6, 6.07) is 0. The molecule has 0 bridgehead atoms. The van der Waals surface area contributed by atoms with Gasteiger partial charge in [-0.15, -0.1) is 0 Å². The van der Waals surface area contributed by atoms with Crippen molar-refractivity contribution in [1.82, 2.24) is 0 Å². The van der Waals surface area contributed by atoms with E-state index in [1.807, 2.05) is 0 Å². The zero-order valence-corrected chi connectivity index (χ0v) is 8.74. The second-order valence-corrected chi connectivity index (χ2v) is 1.53. The quantitative estimate of drug-likeness (QED) is 0.449. The van der Waals surface area contributed by atoms with Gasteiger partial charge in [-0.3, -0.25) is 4.79 Å². The molecule has 0 aliphatic rings. The van der Waals surface area contributed by atoms with Crippen LogP contribution in [-0.4, -0.2) is 62.9 Å². The largest absolute Gasteiger partial charge is 0.481 e. The third-order valence-electron chi connectivity index (χ3n) is 0.357. The van der Waals surface area contributed by atoms with Crippen LogP contribution in [0, 0.1) is 0 Å². The molecule has 0 amide bonds. The third-order valence-corrected chi connectivity index (χ3v) is 0.357. The van der Waals surface area contributed by atoms with E-state index in [4.69, 9.17) is 20.1 Å². The number of aliphatic hydroxyl groups excluding tert-OH is 1. The van der Waals surface area contributed by atoms with Crippen LogP contribution in [0.2, 0.25) is 0 Å². The zero-order chi connectivity index (χ0) is 8.73. The van der Waals surface area contributed by atoms with Crippen LogP contribution in [0.4, 0.5) is 0 Å². The van der Waals surface area contributed by atoms with Crippen molar-refractivity contribution in [1.29, 1.82) is 0 Å². The molecule has 0 saturated carbocycles. The monoisotopic (exact) mass is 173 g/mol. The minimum absolute atomic E-state index is 0. The van der Waals surface area contributed by atoms with Gasteiger partial charge in [0.1, 0.15) is 6.10 Å². The van der Waals surface area contributed by atoms with E-state index >= 15 is 0 Å². The summed E-state index contributed by atoms with van der Waals surface area (Å²) in [4.78, 5) is 18.4. The van der Waals surface area contributed by atoms with Crippen LogP contribution in [0.15, 0.2) is 0 Å². The van der Waals surface area contributed by atoms with Gasteiger partial charge < -0.3 is 15.3 Å². The molecule has 0 aromatic carbocycles. The number of hydrogen-bond donors (Lipinski definition) is 3. The molecule has 1 atom stereocenters. The minimum atomic E-state index is -1.23. The molecule has 0 aromatic rings. The number of carboxylic acid groups (broad SMARTS) is 2. The van der Waals surface area contributed by atoms with Crippen molar-refractivity contribution < 1.29 is 24.9 Å². The van der Waals surface area contributed by atoms with Crippen molar-refractivity contribution in [3.05, 3.63) is 0 Å². The Labute approximate surface area is 86.3 Å². The Morgan fingerprint density at radius 2 is 1.36 bits per heavy atom. The normalized spacial score (nSPS) is 9.73. The van der Waals surface area contributed by atoms with Crippen molar-refractivity contribution >= 4 is 41.5 Å². The molecule has 3 N–H and O–H groups in total. The van der Waals surface area contributed by atoms with E-state index in [1.165, 1.54) is 6.92 Å². The van der Waals surface area contributed by atoms with Gasteiger partial charge in [-0.25, -0.2) is 4.79 Å². The van der Waals surface area contributed by atoms with E-state index in [1.54, 1.807) is 0 Å². The molecule has 0 fully saturated rings. The Balaban J connectivity index is -0.000000114. The summed E-state index contributed by atoms with van der Waals surface area (Å²) in [5.41, 5.74) is 0. The molecule has 61 valence electrons. The van der Waals surface area contributed by atoms with Crippen LogP contribution >= 0.6 is 0 Å². The Hall–Kier alpha value is -0.100. The molecule has 11 heavy (non-hydrogen) atoms. The smallest absolute Gasteiger partial charge is 0.332 e. The van der Waals surface area contributed by atoms with Gasteiger partial charge in [0.25, 0.3) is 5.97 Å². The molecule has 1 unspecified atom stereocenters. The summed E-state index contributed by atoms with van der Waals surface area (Å²) in [6.07, 6.45) is -1.23. The van der Waals surface area contributed by atoms with Crippen LogP contribution in [0.1, 0.15) is 13.8 Å². The number of carboxylic acids is 2. The molecule has 0 spiro atoms. The number of hydrogen-bond acceptors (Lipinski definition) is 3. The first-order chi connectivity index (χ1) is 4.37. The summed E-state index contributed by atoms with van der Waals surface area (Å²) < 4.78 is 0. The maximum atomic E-state index is 9.45. The van der Waals surface area contributed by atoms with E-state index in [0.29, 0.717) is 0 Å². The topological polar surface area (TPSA) is 94.8 Å². The van der Waals surface area contributed by atoms with Crippen LogP contribution < -0.4 is 0 Å². The first-order valence-corrected chi connectivity index (χ1v) is 2.48. The van der Waals surface area contributed by atoms with Crippen molar-refractivity contribution in [3.63, 3.8) is 0 Å². The van der Waals surface area contributed by atoms with Gasteiger partial charge in [-0.1, -0.05) is 0 Å². The average molecular weight is 173 g/mol. The number of rotatable bonds is 1. The van der Waals surface area contributed by atoms with Crippen LogP contribution in [0.3, 0.4) is 0 Å². The first-order valence-electron chi connectivity index (χ1n) is 2.48. The summed E-state index contributed by atoms with van der Waals surface area (Å²) in [6.45, 7) is 2.28. The second kappa shape index (κ2) is 9.90. The standard InChI is InChI=1S/C3H6O3.C2H4O2.Na/c1-2(4)3(5)6;1-2(3)4;/h2,4H,1H3,(H,5,6);1H3,(H,3,4);. The summed E-state index contributed by atoms with van der Waals surface area (Å²) in [7, 11) is 0. The van der Waals surface area contributed by atoms with E-state index in [-0.39, 0.29) is 29.6 Å². The molecule has 0 aliphatic heterocycles. The Morgan fingerprint density at radius 3 is 1.36 bits per heavy atom.